The zero-order chi connectivity index (χ0) is 10.4. The van der Waals surface area contributed by atoms with Crippen LogP contribution in [0.5, 0.6) is 0 Å². The molecule has 0 saturated carbocycles. The Bertz CT molecular complexity index is 291. The van der Waals surface area contributed by atoms with Gasteiger partial charge in [-0.15, -0.1) is 0 Å². The quantitative estimate of drug-likeness (QED) is 0.696. The van der Waals surface area contributed by atoms with Crippen LogP contribution in [0, 0.1) is 0 Å². The fourth-order valence-electron chi connectivity index (χ4n) is 1.48. The van der Waals surface area contributed by atoms with Crippen LogP contribution in [0.2, 0.25) is 0 Å². The van der Waals surface area contributed by atoms with Crippen LogP contribution in [-0.2, 0) is 17.8 Å². The Hall–Kier alpha value is -1.12. The minimum atomic E-state index is 0.347. The number of carbonyl (C=O) groups excluding carboxylic acids is 1. The molecule has 3 nitrogen and oxygen atoms in total. The summed E-state index contributed by atoms with van der Waals surface area (Å²) in [7, 11) is 0. The van der Waals surface area contributed by atoms with E-state index >= 15 is 0 Å². The van der Waals surface area contributed by atoms with Crippen LogP contribution in [0.3, 0.4) is 0 Å². The van der Waals surface area contributed by atoms with Gasteiger partial charge in [0.15, 0.2) is 0 Å². The van der Waals surface area contributed by atoms with E-state index in [1.54, 1.807) is 0 Å². The average Bonchev–Trinajstić information content (AvgIpc) is 2.65. The lowest BCUT2D eigenvalue weighted by Crippen LogP contribution is -2.03. The number of imidazole rings is 1. The van der Waals surface area contributed by atoms with E-state index in [2.05, 4.69) is 16.5 Å². The first-order valence-electron chi connectivity index (χ1n) is 5.29. The number of ketones is 1. The van der Waals surface area contributed by atoms with Crippen molar-refractivity contribution in [3.05, 3.63) is 18.2 Å². The third-order valence-electron chi connectivity index (χ3n) is 2.39. The molecule has 0 unspecified atom stereocenters. The highest BCUT2D eigenvalue weighted by Crippen LogP contribution is 2.04. The van der Waals surface area contributed by atoms with Crippen molar-refractivity contribution in [2.75, 3.05) is 0 Å². The van der Waals surface area contributed by atoms with Gasteiger partial charge in [-0.05, 0) is 13.3 Å². The van der Waals surface area contributed by atoms with Crippen molar-refractivity contribution in [2.24, 2.45) is 0 Å². The van der Waals surface area contributed by atoms with Crippen LogP contribution in [0.1, 0.15) is 38.9 Å². The standard InChI is InChI=1S/C11H18N2O/c1-3-10(14)6-5-7-11-12-8-9-13(11)4-2/h8-9H,3-7H2,1-2H3. The molecular formula is C11H18N2O. The van der Waals surface area contributed by atoms with Gasteiger partial charge >= 0.3 is 0 Å². The molecule has 0 aromatic carbocycles. The highest BCUT2D eigenvalue weighted by atomic mass is 16.1. The van der Waals surface area contributed by atoms with E-state index in [0.717, 1.165) is 25.2 Å². The number of hydrogen-bond donors (Lipinski definition) is 0. The summed E-state index contributed by atoms with van der Waals surface area (Å²) < 4.78 is 2.12. The average molecular weight is 194 g/mol. The largest absolute Gasteiger partial charge is 0.335 e. The third kappa shape index (κ3) is 2.98. The van der Waals surface area contributed by atoms with Crippen molar-refractivity contribution in [2.45, 2.75) is 46.1 Å². The van der Waals surface area contributed by atoms with Crippen molar-refractivity contribution >= 4 is 5.78 Å². The first-order valence-corrected chi connectivity index (χ1v) is 5.29. The van der Waals surface area contributed by atoms with E-state index in [4.69, 9.17) is 0 Å². The molecule has 1 heterocycles. The van der Waals surface area contributed by atoms with E-state index in [0.29, 0.717) is 18.6 Å². The molecule has 0 bridgehead atoms. The predicted octanol–water partition coefficient (Wildman–Crippen LogP) is 2.20. The molecule has 1 aromatic heterocycles. The van der Waals surface area contributed by atoms with Crippen LogP contribution < -0.4 is 0 Å². The van der Waals surface area contributed by atoms with Gasteiger partial charge in [0.05, 0.1) is 0 Å². The van der Waals surface area contributed by atoms with E-state index < -0.39 is 0 Å². The predicted molar refractivity (Wildman–Crippen MR) is 56.1 cm³/mol. The smallest absolute Gasteiger partial charge is 0.132 e. The summed E-state index contributed by atoms with van der Waals surface area (Å²) in [6.07, 6.45) is 6.98. The Morgan fingerprint density at radius 1 is 1.50 bits per heavy atom. The Morgan fingerprint density at radius 3 is 2.93 bits per heavy atom. The van der Waals surface area contributed by atoms with Gasteiger partial charge in [-0.1, -0.05) is 6.92 Å². The van der Waals surface area contributed by atoms with Gasteiger partial charge in [0.1, 0.15) is 11.6 Å². The molecule has 0 radical (unpaired) electrons. The highest BCUT2D eigenvalue weighted by Gasteiger charge is 2.02. The fraction of sp³-hybridized carbons (Fsp3) is 0.636. The lowest BCUT2D eigenvalue weighted by atomic mass is 10.1. The van der Waals surface area contributed by atoms with Gasteiger partial charge in [-0.25, -0.2) is 4.98 Å². The highest BCUT2D eigenvalue weighted by molar-refractivity contribution is 5.77. The summed E-state index contributed by atoms with van der Waals surface area (Å²) in [5, 5.41) is 0. The molecule has 0 aliphatic rings. The van der Waals surface area contributed by atoms with Crippen molar-refractivity contribution in [3.63, 3.8) is 0 Å². The normalized spacial score (nSPS) is 10.4. The summed E-state index contributed by atoms with van der Waals surface area (Å²) in [6.45, 7) is 4.97. The Labute approximate surface area is 85.2 Å². The maximum atomic E-state index is 11.1. The molecule has 3 heteroatoms. The SMILES string of the molecule is CCC(=O)CCCc1nccn1CC. The number of rotatable bonds is 6. The first kappa shape index (κ1) is 11.0. The second-order valence-corrected chi connectivity index (χ2v) is 3.38. The molecule has 0 amide bonds. The lowest BCUT2D eigenvalue weighted by Gasteiger charge is -2.03. The van der Waals surface area contributed by atoms with Gasteiger partial charge < -0.3 is 4.57 Å². The molecule has 0 fully saturated rings. The molecule has 0 aliphatic carbocycles. The van der Waals surface area contributed by atoms with Crippen molar-refractivity contribution in [3.8, 4) is 0 Å². The van der Waals surface area contributed by atoms with Crippen molar-refractivity contribution in [1.82, 2.24) is 9.55 Å². The Morgan fingerprint density at radius 2 is 2.29 bits per heavy atom. The minimum Gasteiger partial charge on any atom is -0.335 e. The van der Waals surface area contributed by atoms with E-state index in [1.807, 2.05) is 19.3 Å². The van der Waals surface area contributed by atoms with Gasteiger partial charge in [0, 0.05) is 38.2 Å². The summed E-state index contributed by atoms with van der Waals surface area (Å²) in [6, 6.07) is 0. The monoisotopic (exact) mass is 194 g/mol. The molecule has 0 spiro atoms. The van der Waals surface area contributed by atoms with Crippen LogP contribution in [0.25, 0.3) is 0 Å². The molecular weight excluding hydrogens is 176 g/mol. The summed E-state index contributed by atoms with van der Waals surface area (Å²) >= 11 is 0. The second-order valence-electron chi connectivity index (χ2n) is 3.38. The molecule has 1 rings (SSSR count). The summed E-state index contributed by atoms with van der Waals surface area (Å²) in [5.74, 6) is 1.44. The Balaban J connectivity index is 2.34. The molecule has 0 atom stereocenters. The number of nitrogens with zero attached hydrogens (tertiary/aromatic N) is 2. The molecule has 78 valence electrons. The maximum Gasteiger partial charge on any atom is 0.132 e. The lowest BCUT2D eigenvalue weighted by molar-refractivity contribution is -0.118. The molecule has 0 aliphatic heterocycles. The van der Waals surface area contributed by atoms with Crippen molar-refractivity contribution in [1.29, 1.82) is 0 Å². The Kier molecular flexibility index (Phi) is 4.36. The van der Waals surface area contributed by atoms with E-state index in [-0.39, 0.29) is 0 Å². The number of Topliss-reactive ketones (excluding diaryl/α,β-unsaturated/α-hetero) is 1. The zero-order valence-corrected chi connectivity index (χ0v) is 8.99. The second kappa shape index (κ2) is 5.58. The number of aryl methyl sites for hydroxylation is 2. The molecule has 1 aromatic rings. The zero-order valence-electron chi connectivity index (χ0n) is 8.99. The topological polar surface area (TPSA) is 34.9 Å². The summed E-state index contributed by atoms with van der Waals surface area (Å²) in [5.41, 5.74) is 0. The van der Waals surface area contributed by atoms with Crippen LogP contribution >= 0.6 is 0 Å². The third-order valence-corrected chi connectivity index (χ3v) is 2.39. The maximum absolute atomic E-state index is 11.1. The first-order chi connectivity index (χ1) is 6.77. The molecule has 14 heavy (non-hydrogen) atoms. The number of aromatic nitrogens is 2. The van der Waals surface area contributed by atoms with E-state index in [1.165, 1.54) is 0 Å². The van der Waals surface area contributed by atoms with Gasteiger partial charge in [-0.3, -0.25) is 4.79 Å². The number of carbonyl (C=O) groups is 1. The molecule has 0 N–H and O–H groups in total. The minimum absolute atomic E-state index is 0.347. The van der Waals surface area contributed by atoms with Gasteiger partial charge in [0.2, 0.25) is 0 Å². The van der Waals surface area contributed by atoms with Gasteiger partial charge in [0.25, 0.3) is 0 Å². The van der Waals surface area contributed by atoms with E-state index in [9.17, 15) is 4.79 Å². The molecule has 0 saturated heterocycles. The van der Waals surface area contributed by atoms with Crippen LogP contribution in [0.4, 0.5) is 0 Å². The number of hydrogen-bond acceptors (Lipinski definition) is 2. The van der Waals surface area contributed by atoms with Crippen molar-refractivity contribution < 1.29 is 4.79 Å². The summed E-state index contributed by atoms with van der Waals surface area (Å²) in [4.78, 5) is 15.3. The fourth-order valence-corrected chi connectivity index (χ4v) is 1.48. The van der Waals surface area contributed by atoms with Crippen LogP contribution in [-0.4, -0.2) is 15.3 Å². The van der Waals surface area contributed by atoms with Crippen LogP contribution in [0.15, 0.2) is 12.4 Å². The van der Waals surface area contributed by atoms with Gasteiger partial charge in [-0.2, -0.15) is 0 Å².